The molecule has 0 unspecified atom stereocenters. The van der Waals surface area contributed by atoms with E-state index in [-0.39, 0.29) is 5.82 Å². The molecule has 4 rings (SSSR count). The van der Waals surface area contributed by atoms with Gasteiger partial charge in [-0.1, -0.05) is 0 Å². The first-order valence-corrected chi connectivity index (χ1v) is 8.61. The molecular weight excluding hydrogens is 378 g/mol. The number of primary amides is 1. The van der Waals surface area contributed by atoms with Crippen molar-refractivity contribution in [3.8, 4) is 0 Å². The number of nitrogens with zero attached hydrogens (tertiary/aromatic N) is 5. The molecule has 7 N–H and O–H groups in total. The minimum atomic E-state index is -1.19. The Morgan fingerprint density at radius 1 is 1.26 bits per heavy atom. The monoisotopic (exact) mass is 395 g/mol. The molecule has 144 valence electrons. The maximum absolute atomic E-state index is 10.2. The van der Waals surface area contributed by atoms with Gasteiger partial charge in [0.15, 0.2) is 17.7 Å². The predicted molar refractivity (Wildman–Crippen MR) is 93.4 cm³/mol. The fourth-order valence-electron chi connectivity index (χ4n) is 2.50. The Labute approximate surface area is 156 Å². The summed E-state index contributed by atoms with van der Waals surface area (Å²) < 4.78 is 6.85. The van der Waals surface area contributed by atoms with E-state index in [2.05, 4.69) is 19.9 Å². The van der Waals surface area contributed by atoms with Crippen molar-refractivity contribution in [3.63, 3.8) is 0 Å². The number of anilines is 1. The average molecular weight is 395 g/mol. The van der Waals surface area contributed by atoms with Crippen LogP contribution in [-0.4, -0.2) is 70.6 Å². The number of aliphatic hydroxyl groups is 3. The van der Waals surface area contributed by atoms with E-state index in [0.29, 0.717) is 16.9 Å². The Morgan fingerprint density at radius 3 is 2.59 bits per heavy atom. The smallest absolute Gasteiger partial charge is 0.268 e. The summed E-state index contributed by atoms with van der Waals surface area (Å²) in [7, 11) is 0. The lowest BCUT2D eigenvalue weighted by Gasteiger charge is -2.16. The molecule has 13 heteroatoms. The van der Waals surface area contributed by atoms with E-state index in [0.717, 1.165) is 0 Å². The number of carbonyl (C=O) groups is 1. The van der Waals surface area contributed by atoms with Crippen molar-refractivity contribution in [2.45, 2.75) is 24.5 Å². The number of ether oxygens (including phenoxy) is 1. The lowest BCUT2D eigenvalue weighted by molar-refractivity contribution is -0.0511. The molecule has 1 aliphatic heterocycles. The van der Waals surface area contributed by atoms with Crippen molar-refractivity contribution in [1.29, 1.82) is 0 Å². The average Bonchev–Trinajstić information content (AvgIpc) is 3.37. The molecule has 1 saturated heterocycles. The number of aromatic nitrogens is 5. The number of hydrogen-bond acceptors (Lipinski definition) is 11. The van der Waals surface area contributed by atoms with E-state index in [4.69, 9.17) is 21.3 Å². The highest BCUT2D eigenvalue weighted by molar-refractivity contribution is 7.07. The van der Waals surface area contributed by atoms with Gasteiger partial charge in [0.25, 0.3) is 5.91 Å². The molecule has 1 fully saturated rings. The fraction of sp³-hybridized carbons (Fsp3) is 0.357. The number of thiazole rings is 1. The highest BCUT2D eigenvalue weighted by Crippen LogP contribution is 2.31. The number of amides is 1. The van der Waals surface area contributed by atoms with Gasteiger partial charge >= 0.3 is 0 Å². The second-order valence-corrected chi connectivity index (χ2v) is 6.27. The van der Waals surface area contributed by atoms with Gasteiger partial charge in [-0.15, -0.1) is 11.3 Å². The first kappa shape index (κ1) is 19.1. The fourth-order valence-corrected chi connectivity index (χ4v) is 3.04. The molecule has 0 bridgehead atoms. The standard InChI is InChI=1S/C10H13N5O4.C4H4N2OS/c11-8-5-9(13-2-12-8)15(3-14-5)10-7(18)6(17)4(1-16)19-10;5-4(7)3-1-8-2-6-3/h2-4,6-7,10,16-18H,1H2,(H2,11,12,13);1-2H,(H2,5,7)/t4-,6-,7-,10-;/m1./s1. The van der Waals surface area contributed by atoms with Crippen LogP contribution < -0.4 is 11.5 Å². The molecule has 0 aromatic carbocycles. The molecular formula is C14H17N7O5S. The zero-order chi connectivity index (χ0) is 19.6. The highest BCUT2D eigenvalue weighted by Gasteiger charge is 2.43. The Kier molecular flexibility index (Phi) is 5.57. The number of fused-ring (bicyclic) bond motifs is 1. The Balaban J connectivity index is 0.000000221. The SMILES string of the molecule is NC(=O)c1cscn1.Nc1ncnc2c1ncn2[C@@H]1O[C@H](CO)[C@@H](O)[C@H]1O. The molecule has 27 heavy (non-hydrogen) atoms. The summed E-state index contributed by atoms with van der Waals surface area (Å²) in [5, 5.41) is 30.4. The summed E-state index contributed by atoms with van der Waals surface area (Å²) in [5.74, 6) is -0.248. The zero-order valence-electron chi connectivity index (χ0n) is 13.8. The number of nitrogens with two attached hydrogens (primary N) is 2. The van der Waals surface area contributed by atoms with Crippen molar-refractivity contribution in [3.05, 3.63) is 29.2 Å². The number of imidazole rings is 1. The van der Waals surface area contributed by atoms with E-state index in [1.54, 1.807) is 10.9 Å². The predicted octanol–water partition coefficient (Wildman–Crippen LogP) is -1.74. The molecule has 3 aromatic heterocycles. The summed E-state index contributed by atoms with van der Waals surface area (Å²) in [6, 6.07) is 0. The van der Waals surface area contributed by atoms with Gasteiger partial charge in [0.05, 0.1) is 18.4 Å². The second kappa shape index (κ2) is 7.89. The molecule has 1 amide bonds. The van der Waals surface area contributed by atoms with E-state index >= 15 is 0 Å². The van der Waals surface area contributed by atoms with E-state index in [9.17, 15) is 15.0 Å². The van der Waals surface area contributed by atoms with Gasteiger partial charge in [-0.05, 0) is 0 Å². The van der Waals surface area contributed by atoms with Crippen LogP contribution in [0.1, 0.15) is 16.7 Å². The van der Waals surface area contributed by atoms with Crippen LogP contribution in [0.25, 0.3) is 11.2 Å². The number of carbonyl (C=O) groups excluding carboxylic acids is 1. The van der Waals surface area contributed by atoms with Crippen molar-refractivity contribution in [1.82, 2.24) is 24.5 Å². The third kappa shape index (κ3) is 3.72. The van der Waals surface area contributed by atoms with Gasteiger partial charge in [-0.2, -0.15) is 0 Å². The maximum Gasteiger partial charge on any atom is 0.268 e. The summed E-state index contributed by atoms with van der Waals surface area (Å²) in [6.45, 7) is -0.390. The number of nitrogen functional groups attached to an aromatic ring is 1. The van der Waals surface area contributed by atoms with Crippen LogP contribution in [0.5, 0.6) is 0 Å². The molecule has 3 aromatic rings. The lowest BCUT2D eigenvalue weighted by Crippen LogP contribution is -2.33. The van der Waals surface area contributed by atoms with E-state index in [1.807, 2.05) is 0 Å². The third-order valence-corrected chi connectivity index (χ3v) is 4.45. The van der Waals surface area contributed by atoms with Gasteiger partial charge in [-0.3, -0.25) is 9.36 Å². The van der Waals surface area contributed by atoms with Gasteiger partial charge in [0, 0.05) is 5.38 Å². The molecule has 4 heterocycles. The van der Waals surface area contributed by atoms with Crippen LogP contribution in [0, 0.1) is 0 Å². The first-order valence-electron chi connectivity index (χ1n) is 7.67. The third-order valence-electron chi connectivity index (χ3n) is 3.86. The number of rotatable bonds is 3. The minimum absolute atomic E-state index is 0.218. The van der Waals surface area contributed by atoms with Crippen molar-refractivity contribution in [2.75, 3.05) is 12.3 Å². The zero-order valence-corrected chi connectivity index (χ0v) is 14.6. The van der Waals surface area contributed by atoms with E-state index < -0.39 is 37.1 Å². The number of hydrogen-bond donors (Lipinski definition) is 5. The van der Waals surface area contributed by atoms with Crippen LogP contribution in [-0.2, 0) is 4.74 Å². The van der Waals surface area contributed by atoms with Crippen molar-refractivity contribution in [2.24, 2.45) is 5.73 Å². The second-order valence-electron chi connectivity index (χ2n) is 5.55. The largest absolute Gasteiger partial charge is 0.394 e. The molecule has 0 aliphatic carbocycles. The number of aliphatic hydroxyl groups excluding tert-OH is 3. The van der Waals surface area contributed by atoms with Gasteiger partial charge in [-0.25, -0.2) is 19.9 Å². The summed E-state index contributed by atoms with van der Waals surface area (Å²) >= 11 is 1.36. The first-order chi connectivity index (χ1) is 12.9. The molecule has 0 saturated carbocycles. The van der Waals surface area contributed by atoms with E-state index in [1.165, 1.54) is 28.6 Å². The Hall–Kier alpha value is -2.71. The van der Waals surface area contributed by atoms with Crippen LogP contribution >= 0.6 is 11.3 Å². The topological polar surface area (TPSA) is 196 Å². The van der Waals surface area contributed by atoms with Crippen LogP contribution in [0.3, 0.4) is 0 Å². The molecule has 4 atom stereocenters. The summed E-state index contributed by atoms with van der Waals surface area (Å²) in [4.78, 5) is 25.8. The maximum atomic E-state index is 10.2. The molecule has 1 aliphatic rings. The Bertz CT molecular complexity index is 918. The Morgan fingerprint density at radius 2 is 2.04 bits per heavy atom. The van der Waals surface area contributed by atoms with Crippen LogP contribution in [0.4, 0.5) is 5.82 Å². The lowest BCUT2D eigenvalue weighted by atomic mass is 10.1. The van der Waals surface area contributed by atoms with Crippen LogP contribution in [0.2, 0.25) is 0 Å². The van der Waals surface area contributed by atoms with Gasteiger partial charge in [0.1, 0.15) is 35.8 Å². The molecule has 0 radical (unpaired) electrons. The minimum Gasteiger partial charge on any atom is -0.394 e. The van der Waals surface area contributed by atoms with Crippen molar-refractivity contribution < 1.29 is 24.9 Å². The quantitative estimate of drug-likeness (QED) is 0.339. The van der Waals surface area contributed by atoms with Crippen LogP contribution in [0.15, 0.2) is 23.5 Å². The van der Waals surface area contributed by atoms with Crippen molar-refractivity contribution >= 4 is 34.2 Å². The summed E-state index contributed by atoms with van der Waals surface area (Å²) in [6.07, 6.45) is -1.42. The highest BCUT2D eigenvalue weighted by atomic mass is 32.1. The van der Waals surface area contributed by atoms with Gasteiger partial charge < -0.3 is 31.5 Å². The normalized spacial score (nSPS) is 24.6. The summed E-state index contributed by atoms with van der Waals surface area (Å²) in [5.41, 5.74) is 13.2. The molecule has 12 nitrogen and oxygen atoms in total. The van der Waals surface area contributed by atoms with Gasteiger partial charge in [0.2, 0.25) is 0 Å². The molecule has 0 spiro atoms.